The van der Waals surface area contributed by atoms with Crippen molar-refractivity contribution < 1.29 is 4.42 Å². The molecular weight excluding hydrogens is 264 g/mol. The number of nitrogens with zero attached hydrogens (tertiary/aromatic N) is 2. The summed E-state index contributed by atoms with van der Waals surface area (Å²) < 4.78 is 5.64. The van der Waals surface area contributed by atoms with Crippen LogP contribution in [0, 0.1) is 0 Å². The van der Waals surface area contributed by atoms with E-state index in [0.717, 1.165) is 12.8 Å². The molecule has 0 atom stereocenters. The third-order valence-corrected chi connectivity index (χ3v) is 3.62. The lowest BCUT2D eigenvalue weighted by molar-refractivity contribution is 0.383. The van der Waals surface area contributed by atoms with E-state index in [2.05, 4.69) is 65.9 Å². The van der Waals surface area contributed by atoms with Gasteiger partial charge in [-0.15, -0.1) is 5.10 Å². The quantitative estimate of drug-likeness (QED) is 0.904. The second-order valence-corrected chi connectivity index (χ2v) is 6.62. The van der Waals surface area contributed by atoms with Crippen LogP contribution in [0.25, 0.3) is 0 Å². The predicted octanol–water partition coefficient (Wildman–Crippen LogP) is 2.54. The fourth-order valence-corrected chi connectivity index (χ4v) is 2.56. The molecule has 5 heteroatoms. The van der Waals surface area contributed by atoms with Crippen molar-refractivity contribution >= 4 is 6.01 Å². The summed E-state index contributed by atoms with van der Waals surface area (Å²) in [5.74, 6) is 0.614. The van der Waals surface area contributed by atoms with Crippen LogP contribution >= 0.6 is 0 Å². The minimum Gasteiger partial charge on any atom is -0.407 e. The Morgan fingerprint density at radius 2 is 1.81 bits per heavy atom. The van der Waals surface area contributed by atoms with Crippen LogP contribution in [0.4, 0.5) is 6.01 Å². The van der Waals surface area contributed by atoms with Crippen molar-refractivity contribution in [1.29, 1.82) is 0 Å². The molecule has 0 saturated carbocycles. The molecule has 1 aliphatic rings. The molecule has 1 heterocycles. The molecule has 112 valence electrons. The second kappa shape index (κ2) is 5.48. The van der Waals surface area contributed by atoms with E-state index in [1.165, 1.54) is 11.1 Å². The van der Waals surface area contributed by atoms with Crippen molar-refractivity contribution in [2.75, 3.05) is 5.32 Å². The number of benzene rings is 1. The molecule has 1 aromatic carbocycles. The summed E-state index contributed by atoms with van der Waals surface area (Å²) in [5, 5.41) is 14.8. The Balaban J connectivity index is 1.56. The lowest BCUT2D eigenvalue weighted by Gasteiger charge is -2.18. The minimum absolute atomic E-state index is 0.0369. The molecule has 0 radical (unpaired) electrons. The average molecular weight is 286 g/mol. The van der Waals surface area contributed by atoms with Gasteiger partial charge >= 0.3 is 6.01 Å². The topological polar surface area (TPSA) is 63.0 Å². The number of aromatic nitrogens is 2. The van der Waals surface area contributed by atoms with Crippen LogP contribution in [-0.2, 0) is 19.4 Å². The van der Waals surface area contributed by atoms with E-state index in [1.807, 2.05) is 0 Å². The molecular formula is C16H22N4O. The van der Waals surface area contributed by atoms with Crippen molar-refractivity contribution in [2.45, 2.75) is 51.7 Å². The van der Waals surface area contributed by atoms with E-state index in [4.69, 9.17) is 4.42 Å². The van der Waals surface area contributed by atoms with Crippen molar-refractivity contribution in [2.24, 2.45) is 0 Å². The van der Waals surface area contributed by atoms with Gasteiger partial charge in [0.25, 0.3) is 0 Å². The van der Waals surface area contributed by atoms with Gasteiger partial charge in [0.05, 0.1) is 6.54 Å². The van der Waals surface area contributed by atoms with Crippen LogP contribution in [0.1, 0.15) is 37.8 Å². The van der Waals surface area contributed by atoms with Gasteiger partial charge in [-0.1, -0.05) is 29.4 Å². The van der Waals surface area contributed by atoms with Gasteiger partial charge in [0.15, 0.2) is 0 Å². The van der Waals surface area contributed by atoms with Crippen LogP contribution in [0.3, 0.4) is 0 Å². The number of nitrogens with one attached hydrogen (secondary N) is 2. The van der Waals surface area contributed by atoms with Gasteiger partial charge in [-0.25, -0.2) is 0 Å². The van der Waals surface area contributed by atoms with Gasteiger partial charge in [0.1, 0.15) is 0 Å². The number of hydrogen-bond acceptors (Lipinski definition) is 5. The molecule has 0 spiro atoms. The van der Waals surface area contributed by atoms with E-state index in [1.54, 1.807) is 0 Å². The van der Waals surface area contributed by atoms with Gasteiger partial charge in [-0.3, -0.25) is 0 Å². The summed E-state index contributed by atoms with van der Waals surface area (Å²) in [6.07, 6.45) is 2.02. The molecule has 0 bridgehead atoms. The summed E-state index contributed by atoms with van der Waals surface area (Å²) in [7, 11) is 0. The van der Waals surface area contributed by atoms with Gasteiger partial charge in [-0.05, 0) is 44.7 Å². The molecule has 0 amide bonds. The number of anilines is 1. The van der Waals surface area contributed by atoms with Gasteiger partial charge < -0.3 is 15.1 Å². The molecule has 3 rings (SSSR count). The zero-order valence-electron chi connectivity index (χ0n) is 12.8. The summed E-state index contributed by atoms with van der Waals surface area (Å²) in [6.45, 7) is 6.91. The molecule has 0 fully saturated rings. The minimum atomic E-state index is 0.0369. The largest absolute Gasteiger partial charge is 0.407 e. The SMILES string of the molecule is CC(C)(C)NCc1nnc(NC2Cc3ccccc3C2)o1. The maximum absolute atomic E-state index is 5.64. The highest BCUT2D eigenvalue weighted by Crippen LogP contribution is 2.24. The van der Waals surface area contributed by atoms with Gasteiger partial charge in [-0.2, -0.15) is 0 Å². The predicted molar refractivity (Wildman–Crippen MR) is 82.2 cm³/mol. The molecule has 2 aromatic rings. The monoisotopic (exact) mass is 286 g/mol. The van der Waals surface area contributed by atoms with Crippen LogP contribution in [0.15, 0.2) is 28.7 Å². The molecule has 21 heavy (non-hydrogen) atoms. The van der Waals surface area contributed by atoms with E-state index >= 15 is 0 Å². The summed E-state index contributed by atoms with van der Waals surface area (Å²) in [5.41, 5.74) is 2.85. The molecule has 0 saturated heterocycles. The van der Waals surface area contributed by atoms with Crippen molar-refractivity contribution in [3.05, 3.63) is 41.3 Å². The van der Waals surface area contributed by atoms with Crippen molar-refractivity contribution in [3.63, 3.8) is 0 Å². The van der Waals surface area contributed by atoms with E-state index in [9.17, 15) is 0 Å². The third kappa shape index (κ3) is 3.61. The molecule has 0 unspecified atom stereocenters. The number of hydrogen-bond donors (Lipinski definition) is 2. The van der Waals surface area contributed by atoms with E-state index in [-0.39, 0.29) is 5.54 Å². The zero-order chi connectivity index (χ0) is 14.9. The molecule has 0 aliphatic heterocycles. The first kappa shape index (κ1) is 14.1. The first-order valence-corrected chi connectivity index (χ1v) is 7.40. The Kier molecular flexibility index (Phi) is 3.68. The van der Waals surface area contributed by atoms with Crippen LogP contribution < -0.4 is 10.6 Å². The lowest BCUT2D eigenvalue weighted by atomic mass is 10.1. The second-order valence-electron chi connectivity index (χ2n) is 6.62. The number of fused-ring (bicyclic) bond motifs is 1. The average Bonchev–Trinajstić information content (AvgIpc) is 3.01. The zero-order valence-corrected chi connectivity index (χ0v) is 12.8. The molecule has 1 aliphatic carbocycles. The Hall–Kier alpha value is -1.88. The lowest BCUT2D eigenvalue weighted by Crippen LogP contribution is -2.35. The Labute approximate surface area is 125 Å². The maximum Gasteiger partial charge on any atom is 0.315 e. The maximum atomic E-state index is 5.64. The van der Waals surface area contributed by atoms with Gasteiger partial charge in [0, 0.05) is 11.6 Å². The normalized spacial score (nSPS) is 15.2. The van der Waals surface area contributed by atoms with Crippen molar-refractivity contribution in [1.82, 2.24) is 15.5 Å². The first-order chi connectivity index (χ1) is 9.99. The molecule has 1 aromatic heterocycles. The van der Waals surface area contributed by atoms with E-state index in [0.29, 0.717) is 24.5 Å². The van der Waals surface area contributed by atoms with Crippen LogP contribution in [0.5, 0.6) is 0 Å². The van der Waals surface area contributed by atoms with E-state index < -0.39 is 0 Å². The molecule has 2 N–H and O–H groups in total. The standard InChI is InChI=1S/C16H22N4O/c1-16(2,3)17-10-14-19-20-15(21-14)18-13-8-11-6-4-5-7-12(11)9-13/h4-7,13,17H,8-10H2,1-3H3,(H,18,20). The smallest absolute Gasteiger partial charge is 0.315 e. The van der Waals surface area contributed by atoms with Crippen LogP contribution in [0.2, 0.25) is 0 Å². The van der Waals surface area contributed by atoms with Gasteiger partial charge in [0.2, 0.25) is 5.89 Å². The highest BCUT2D eigenvalue weighted by atomic mass is 16.4. The first-order valence-electron chi connectivity index (χ1n) is 7.40. The Bertz CT molecular complexity index is 590. The Morgan fingerprint density at radius 3 is 2.43 bits per heavy atom. The highest BCUT2D eigenvalue weighted by molar-refractivity contribution is 5.37. The van der Waals surface area contributed by atoms with Crippen molar-refractivity contribution in [3.8, 4) is 0 Å². The summed E-state index contributed by atoms with van der Waals surface area (Å²) >= 11 is 0. The molecule has 5 nitrogen and oxygen atoms in total. The highest BCUT2D eigenvalue weighted by Gasteiger charge is 2.22. The number of rotatable bonds is 4. The Morgan fingerprint density at radius 1 is 1.14 bits per heavy atom. The third-order valence-electron chi connectivity index (χ3n) is 3.62. The summed E-state index contributed by atoms with van der Waals surface area (Å²) in [4.78, 5) is 0. The fourth-order valence-electron chi connectivity index (χ4n) is 2.56. The fraction of sp³-hybridized carbons (Fsp3) is 0.500. The van der Waals surface area contributed by atoms with Crippen LogP contribution in [-0.4, -0.2) is 21.8 Å². The summed E-state index contributed by atoms with van der Waals surface area (Å²) in [6, 6.07) is 9.39.